The molecule has 0 bridgehead atoms. The number of esters is 1. The molecule has 138 valence electrons. The molecule has 5 nitrogen and oxygen atoms in total. The summed E-state index contributed by atoms with van der Waals surface area (Å²) < 4.78 is 10.9. The maximum Gasteiger partial charge on any atom is 0.307 e. The minimum Gasteiger partial charge on any atom is -0.497 e. The fourth-order valence-electron chi connectivity index (χ4n) is 2.55. The summed E-state index contributed by atoms with van der Waals surface area (Å²) in [6.45, 7) is 0. The Morgan fingerprint density at radius 2 is 1.77 bits per heavy atom. The molecule has 6 heteroatoms. The van der Waals surface area contributed by atoms with Crippen molar-refractivity contribution in [1.29, 1.82) is 0 Å². The summed E-state index contributed by atoms with van der Waals surface area (Å²) in [4.78, 5) is 24.1. The molecule has 0 spiro atoms. The number of hydrogen-bond acceptors (Lipinski definition) is 4. The second-order valence-electron chi connectivity index (χ2n) is 5.76. The van der Waals surface area contributed by atoms with Crippen molar-refractivity contribution in [2.75, 3.05) is 14.2 Å². The number of carbonyl (C=O) groups is 2. The highest BCUT2D eigenvalue weighted by Gasteiger charge is 2.19. The number of amides is 1. The van der Waals surface area contributed by atoms with Crippen LogP contribution in [0.15, 0.2) is 53.0 Å². The van der Waals surface area contributed by atoms with Crippen molar-refractivity contribution < 1.29 is 19.1 Å². The highest BCUT2D eigenvalue weighted by Crippen LogP contribution is 2.22. The van der Waals surface area contributed by atoms with Crippen molar-refractivity contribution in [2.45, 2.75) is 25.3 Å². The maximum atomic E-state index is 12.4. The third-order valence-corrected chi connectivity index (χ3v) is 4.80. The summed E-state index contributed by atoms with van der Waals surface area (Å²) in [7, 11) is 2.92. The van der Waals surface area contributed by atoms with E-state index in [-0.39, 0.29) is 18.3 Å². The van der Waals surface area contributed by atoms with E-state index in [0.29, 0.717) is 18.6 Å². The average Bonchev–Trinajstić information content (AvgIpc) is 2.66. The molecule has 1 atom stereocenters. The Morgan fingerprint density at radius 1 is 1.08 bits per heavy atom. The topological polar surface area (TPSA) is 64.6 Å². The number of ether oxygens (including phenoxy) is 2. The van der Waals surface area contributed by atoms with Gasteiger partial charge in [0.25, 0.3) is 0 Å². The first-order valence-electron chi connectivity index (χ1n) is 8.27. The highest BCUT2D eigenvalue weighted by atomic mass is 79.9. The van der Waals surface area contributed by atoms with E-state index in [2.05, 4.69) is 21.2 Å². The van der Waals surface area contributed by atoms with Crippen molar-refractivity contribution in [3.05, 3.63) is 64.1 Å². The number of hydrogen-bond donors (Lipinski definition) is 1. The lowest BCUT2D eigenvalue weighted by Gasteiger charge is -2.19. The largest absolute Gasteiger partial charge is 0.497 e. The minimum absolute atomic E-state index is 0.0730. The Bertz CT molecular complexity index is 746. The molecule has 0 aliphatic rings. The van der Waals surface area contributed by atoms with Crippen molar-refractivity contribution in [3.8, 4) is 5.75 Å². The SMILES string of the molecule is COC(=O)CC(NC(=O)CCc1ccccc1Br)c1ccc(OC)cc1. The van der Waals surface area contributed by atoms with Crippen molar-refractivity contribution in [2.24, 2.45) is 0 Å². The van der Waals surface area contributed by atoms with Gasteiger partial charge in [-0.3, -0.25) is 9.59 Å². The van der Waals surface area contributed by atoms with Crippen LogP contribution in [-0.2, 0) is 20.7 Å². The standard InChI is InChI=1S/C20H22BrNO4/c1-25-16-10-7-15(8-11-16)18(13-20(24)26-2)22-19(23)12-9-14-5-3-4-6-17(14)21/h3-8,10-11,18H,9,12-13H2,1-2H3,(H,22,23). The fourth-order valence-corrected chi connectivity index (χ4v) is 3.04. The third-order valence-electron chi connectivity index (χ3n) is 4.03. The number of aryl methyl sites for hydroxylation is 1. The third kappa shape index (κ3) is 5.88. The molecule has 2 aromatic rings. The van der Waals surface area contributed by atoms with Crippen LogP contribution >= 0.6 is 15.9 Å². The summed E-state index contributed by atoms with van der Waals surface area (Å²) in [5.74, 6) is 0.216. The van der Waals surface area contributed by atoms with Crippen LogP contribution in [0.1, 0.15) is 30.0 Å². The maximum absolute atomic E-state index is 12.4. The molecule has 1 N–H and O–H groups in total. The van der Waals surface area contributed by atoms with Crippen LogP contribution in [0, 0.1) is 0 Å². The van der Waals surface area contributed by atoms with Gasteiger partial charge in [0.15, 0.2) is 0 Å². The molecule has 0 saturated carbocycles. The zero-order valence-electron chi connectivity index (χ0n) is 14.8. The van der Waals surface area contributed by atoms with Crippen molar-refractivity contribution in [1.82, 2.24) is 5.32 Å². The van der Waals surface area contributed by atoms with Gasteiger partial charge in [-0.1, -0.05) is 46.3 Å². The Balaban J connectivity index is 2.03. The number of benzene rings is 2. The number of rotatable bonds is 8. The molecule has 2 aromatic carbocycles. The Kier molecular flexibility index (Phi) is 7.66. The molecule has 1 amide bonds. The van der Waals surface area contributed by atoms with Gasteiger partial charge in [0.1, 0.15) is 5.75 Å². The lowest BCUT2D eigenvalue weighted by molar-refractivity contribution is -0.141. The first-order chi connectivity index (χ1) is 12.5. The van der Waals surface area contributed by atoms with Crippen LogP contribution in [0.3, 0.4) is 0 Å². The average molecular weight is 420 g/mol. The van der Waals surface area contributed by atoms with Crippen LogP contribution < -0.4 is 10.1 Å². The van der Waals surface area contributed by atoms with E-state index in [1.807, 2.05) is 36.4 Å². The Hall–Kier alpha value is -2.34. The van der Waals surface area contributed by atoms with E-state index < -0.39 is 6.04 Å². The molecule has 0 aliphatic heterocycles. The van der Waals surface area contributed by atoms with E-state index in [1.54, 1.807) is 19.2 Å². The predicted molar refractivity (Wildman–Crippen MR) is 103 cm³/mol. The van der Waals surface area contributed by atoms with E-state index in [0.717, 1.165) is 15.6 Å². The van der Waals surface area contributed by atoms with Gasteiger partial charge < -0.3 is 14.8 Å². The second-order valence-corrected chi connectivity index (χ2v) is 6.62. The van der Waals surface area contributed by atoms with E-state index in [1.165, 1.54) is 7.11 Å². The quantitative estimate of drug-likeness (QED) is 0.660. The van der Waals surface area contributed by atoms with Gasteiger partial charge in [0, 0.05) is 10.9 Å². The molecule has 0 fully saturated rings. The molecular formula is C20H22BrNO4. The van der Waals surface area contributed by atoms with Gasteiger partial charge in [-0.25, -0.2) is 0 Å². The van der Waals surface area contributed by atoms with Crippen LogP contribution in [0.4, 0.5) is 0 Å². The first kappa shape index (κ1) is 20.0. The number of halogens is 1. The van der Waals surface area contributed by atoms with Gasteiger partial charge in [-0.15, -0.1) is 0 Å². The minimum atomic E-state index is -0.444. The molecular weight excluding hydrogens is 398 g/mol. The van der Waals surface area contributed by atoms with Crippen LogP contribution in [0.2, 0.25) is 0 Å². The zero-order chi connectivity index (χ0) is 18.9. The molecule has 0 heterocycles. The highest BCUT2D eigenvalue weighted by molar-refractivity contribution is 9.10. The van der Waals surface area contributed by atoms with E-state index in [9.17, 15) is 9.59 Å². The number of carbonyl (C=O) groups excluding carboxylic acids is 2. The molecule has 0 saturated heterocycles. The predicted octanol–water partition coefficient (Wildman–Crippen LogP) is 3.81. The lowest BCUT2D eigenvalue weighted by atomic mass is 10.0. The summed E-state index contributed by atoms with van der Waals surface area (Å²) >= 11 is 3.48. The number of methoxy groups -OCH3 is 2. The molecule has 26 heavy (non-hydrogen) atoms. The molecule has 0 radical (unpaired) electrons. The van der Waals surface area contributed by atoms with E-state index in [4.69, 9.17) is 9.47 Å². The Morgan fingerprint density at radius 3 is 2.38 bits per heavy atom. The molecule has 0 aliphatic carbocycles. The van der Waals surface area contributed by atoms with Crippen LogP contribution in [0.5, 0.6) is 5.75 Å². The van der Waals surface area contributed by atoms with Gasteiger partial charge in [-0.2, -0.15) is 0 Å². The fraction of sp³-hybridized carbons (Fsp3) is 0.300. The molecule has 0 aromatic heterocycles. The second kappa shape index (κ2) is 9.97. The molecule has 2 rings (SSSR count). The van der Waals surface area contributed by atoms with Gasteiger partial charge in [0.2, 0.25) is 5.91 Å². The lowest BCUT2D eigenvalue weighted by Crippen LogP contribution is -2.30. The Labute approximate surface area is 161 Å². The van der Waals surface area contributed by atoms with Crippen LogP contribution in [-0.4, -0.2) is 26.1 Å². The zero-order valence-corrected chi connectivity index (χ0v) is 16.4. The monoisotopic (exact) mass is 419 g/mol. The summed E-state index contributed by atoms with van der Waals surface area (Å²) in [5.41, 5.74) is 1.89. The smallest absolute Gasteiger partial charge is 0.307 e. The van der Waals surface area contributed by atoms with Gasteiger partial charge in [0.05, 0.1) is 26.7 Å². The number of nitrogens with one attached hydrogen (secondary N) is 1. The normalized spacial score (nSPS) is 11.5. The summed E-state index contributed by atoms with van der Waals surface area (Å²) in [6, 6.07) is 14.6. The molecule has 1 unspecified atom stereocenters. The van der Waals surface area contributed by atoms with Gasteiger partial charge in [-0.05, 0) is 35.7 Å². The van der Waals surface area contributed by atoms with Crippen LogP contribution in [0.25, 0.3) is 0 Å². The van der Waals surface area contributed by atoms with Crippen molar-refractivity contribution >= 4 is 27.8 Å². The first-order valence-corrected chi connectivity index (χ1v) is 9.06. The van der Waals surface area contributed by atoms with Crippen molar-refractivity contribution in [3.63, 3.8) is 0 Å². The van der Waals surface area contributed by atoms with E-state index >= 15 is 0 Å². The van der Waals surface area contributed by atoms with Gasteiger partial charge >= 0.3 is 5.97 Å². The summed E-state index contributed by atoms with van der Waals surface area (Å²) in [6.07, 6.45) is 1.01. The summed E-state index contributed by atoms with van der Waals surface area (Å²) in [5, 5.41) is 2.93.